The number of nitrogens with one attached hydrogen (secondary N) is 1. The molecule has 1 N–H and O–H groups in total. The fourth-order valence-electron chi connectivity index (χ4n) is 4.21. The summed E-state index contributed by atoms with van der Waals surface area (Å²) in [6.45, 7) is 1.21. The van der Waals surface area contributed by atoms with Crippen molar-refractivity contribution in [1.29, 1.82) is 5.26 Å². The fraction of sp³-hybridized carbons (Fsp3) is 0.435. The molecular formula is C23H25N3O4S2. The van der Waals surface area contributed by atoms with Crippen molar-refractivity contribution in [1.82, 2.24) is 4.90 Å². The number of nitriles is 1. The SMILES string of the molecule is COCC1CCCN1C(=O)OC1CCc2c(sc(NC(=O)C=Cc3cccs3)c2C#N)C1. The second-order valence-electron chi connectivity index (χ2n) is 7.85. The molecule has 1 aliphatic carbocycles. The van der Waals surface area contributed by atoms with Gasteiger partial charge in [-0.15, -0.1) is 22.7 Å². The Bertz CT molecular complexity index is 1040. The Morgan fingerprint density at radius 1 is 1.41 bits per heavy atom. The summed E-state index contributed by atoms with van der Waals surface area (Å²) in [5, 5.41) is 15.0. The predicted octanol–water partition coefficient (Wildman–Crippen LogP) is 4.44. The molecule has 0 spiro atoms. The number of rotatable bonds is 6. The van der Waals surface area contributed by atoms with Crippen LogP contribution in [0, 0.1) is 11.3 Å². The van der Waals surface area contributed by atoms with Crippen LogP contribution in [0.4, 0.5) is 9.80 Å². The molecule has 0 saturated carbocycles. The van der Waals surface area contributed by atoms with Gasteiger partial charge in [-0.05, 0) is 48.8 Å². The molecule has 1 fully saturated rings. The van der Waals surface area contributed by atoms with Gasteiger partial charge in [-0.25, -0.2) is 4.79 Å². The number of likely N-dealkylation sites (tertiary alicyclic amines) is 1. The van der Waals surface area contributed by atoms with Crippen molar-refractivity contribution >= 4 is 45.8 Å². The fourth-order valence-corrected chi connectivity index (χ4v) is 6.10. The number of hydrogen-bond acceptors (Lipinski definition) is 7. The number of methoxy groups -OCH3 is 1. The van der Waals surface area contributed by atoms with E-state index in [9.17, 15) is 14.9 Å². The number of carbonyl (C=O) groups is 2. The number of thiophene rings is 2. The zero-order valence-electron chi connectivity index (χ0n) is 17.8. The molecule has 168 valence electrons. The van der Waals surface area contributed by atoms with Gasteiger partial charge in [-0.1, -0.05) is 6.07 Å². The topological polar surface area (TPSA) is 91.7 Å². The van der Waals surface area contributed by atoms with Gasteiger partial charge in [0.15, 0.2) is 0 Å². The number of hydrogen-bond donors (Lipinski definition) is 1. The summed E-state index contributed by atoms with van der Waals surface area (Å²) in [5.74, 6) is -0.269. The van der Waals surface area contributed by atoms with Gasteiger partial charge < -0.3 is 19.7 Å². The summed E-state index contributed by atoms with van der Waals surface area (Å²) in [5.41, 5.74) is 1.48. The van der Waals surface area contributed by atoms with E-state index in [1.165, 1.54) is 17.4 Å². The Kier molecular flexibility index (Phi) is 7.25. The monoisotopic (exact) mass is 471 g/mol. The molecule has 1 aliphatic heterocycles. The van der Waals surface area contributed by atoms with Crippen LogP contribution in [0.25, 0.3) is 6.08 Å². The van der Waals surface area contributed by atoms with E-state index in [2.05, 4.69) is 11.4 Å². The average molecular weight is 472 g/mol. The van der Waals surface area contributed by atoms with Crippen LogP contribution >= 0.6 is 22.7 Å². The number of anilines is 1. The van der Waals surface area contributed by atoms with Crippen LogP contribution < -0.4 is 5.32 Å². The van der Waals surface area contributed by atoms with E-state index in [1.807, 2.05) is 17.5 Å². The van der Waals surface area contributed by atoms with Crippen LogP contribution in [-0.4, -0.2) is 49.3 Å². The van der Waals surface area contributed by atoms with E-state index in [0.717, 1.165) is 28.2 Å². The van der Waals surface area contributed by atoms with Gasteiger partial charge in [0.1, 0.15) is 17.2 Å². The highest BCUT2D eigenvalue weighted by atomic mass is 32.1. The maximum absolute atomic E-state index is 12.7. The lowest BCUT2D eigenvalue weighted by Crippen LogP contribution is -2.40. The molecule has 7 nitrogen and oxygen atoms in total. The maximum Gasteiger partial charge on any atom is 0.410 e. The first kappa shape index (κ1) is 22.5. The third-order valence-electron chi connectivity index (χ3n) is 5.75. The molecule has 0 aromatic carbocycles. The summed E-state index contributed by atoms with van der Waals surface area (Å²) >= 11 is 2.95. The van der Waals surface area contributed by atoms with Gasteiger partial charge in [0.25, 0.3) is 0 Å². The van der Waals surface area contributed by atoms with Crippen molar-refractivity contribution in [3.8, 4) is 6.07 Å². The van der Waals surface area contributed by atoms with E-state index < -0.39 is 0 Å². The minimum Gasteiger partial charge on any atom is -0.446 e. The van der Waals surface area contributed by atoms with Crippen molar-refractivity contribution in [2.24, 2.45) is 0 Å². The Morgan fingerprint density at radius 2 is 2.28 bits per heavy atom. The number of fused-ring (bicyclic) bond motifs is 1. The molecule has 4 rings (SSSR count). The zero-order chi connectivity index (χ0) is 22.5. The third kappa shape index (κ3) is 5.04. The van der Waals surface area contributed by atoms with E-state index in [-0.39, 0.29) is 24.1 Å². The molecule has 2 aromatic heterocycles. The highest BCUT2D eigenvalue weighted by Gasteiger charge is 2.33. The highest BCUT2D eigenvalue weighted by molar-refractivity contribution is 7.16. The molecule has 2 aromatic rings. The van der Waals surface area contributed by atoms with E-state index in [1.54, 1.807) is 29.4 Å². The molecule has 2 atom stereocenters. The van der Waals surface area contributed by atoms with Gasteiger partial charge in [0, 0.05) is 35.9 Å². The van der Waals surface area contributed by atoms with Crippen LogP contribution in [-0.2, 0) is 27.1 Å². The molecule has 3 heterocycles. The average Bonchev–Trinajstić information content (AvgIpc) is 3.52. The molecule has 2 aliphatic rings. The standard InChI is InChI=1S/C23H25N3O4S2/c1-29-14-15-4-2-10-26(15)23(28)30-16-6-8-18-19(13-24)22(32-20(18)12-16)25-21(27)9-7-17-5-3-11-31-17/h3,5,7,9,11,15-16H,2,4,6,8,10,12,14H2,1H3,(H,25,27). The third-order valence-corrected chi connectivity index (χ3v) is 7.76. The maximum atomic E-state index is 12.7. The Morgan fingerprint density at radius 3 is 3.03 bits per heavy atom. The quantitative estimate of drug-likeness (QED) is 0.629. The minimum absolute atomic E-state index is 0.0719. The first-order valence-corrected chi connectivity index (χ1v) is 12.3. The van der Waals surface area contributed by atoms with Gasteiger partial charge in [-0.3, -0.25) is 4.79 Å². The van der Waals surface area contributed by atoms with Crippen molar-refractivity contribution in [2.45, 2.75) is 44.2 Å². The second-order valence-corrected chi connectivity index (χ2v) is 9.94. The normalized spacial score (nSPS) is 20.2. The number of nitrogens with zero attached hydrogens (tertiary/aromatic N) is 2. The number of ether oxygens (including phenoxy) is 2. The Hall–Kier alpha value is -2.67. The van der Waals surface area contributed by atoms with Crippen molar-refractivity contribution < 1.29 is 19.1 Å². The Balaban J connectivity index is 1.40. The number of amides is 2. The van der Waals surface area contributed by atoms with Gasteiger partial charge >= 0.3 is 6.09 Å². The van der Waals surface area contributed by atoms with Crippen molar-refractivity contribution in [3.63, 3.8) is 0 Å². The highest BCUT2D eigenvalue weighted by Crippen LogP contribution is 2.38. The number of carbonyl (C=O) groups excluding carboxylic acids is 2. The summed E-state index contributed by atoms with van der Waals surface area (Å²) in [6, 6.07) is 6.17. The molecule has 0 radical (unpaired) electrons. The van der Waals surface area contributed by atoms with Gasteiger partial charge in [0.2, 0.25) is 5.91 Å². The first-order valence-electron chi connectivity index (χ1n) is 10.6. The molecule has 9 heteroatoms. The lowest BCUT2D eigenvalue weighted by molar-refractivity contribution is -0.111. The predicted molar refractivity (Wildman–Crippen MR) is 125 cm³/mol. The molecule has 32 heavy (non-hydrogen) atoms. The lowest BCUT2D eigenvalue weighted by atomic mass is 9.94. The van der Waals surface area contributed by atoms with Gasteiger partial charge in [0.05, 0.1) is 18.2 Å². The summed E-state index contributed by atoms with van der Waals surface area (Å²) in [4.78, 5) is 28.8. The van der Waals surface area contributed by atoms with Crippen LogP contribution in [0.3, 0.4) is 0 Å². The molecule has 2 unspecified atom stereocenters. The van der Waals surface area contributed by atoms with Crippen LogP contribution in [0.15, 0.2) is 23.6 Å². The Labute approximate surface area is 195 Å². The summed E-state index contributed by atoms with van der Waals surface area (Å²) in [6.07, 6.45) is 6.47. The van der Waals surface area contributed by atoms with Crippen LogP contribution in [0.2, 0.25) is 0 Å². The smallest absolute Gasteiger partial charge is 0.410 e. The largest absolute Gasteiger partial charge is 0.446 e. The molecule has 1 saturated heterocycles. The lowest BCUT2D eigenvalue weighted by Gasteiger charge is -2.28. The molecule has 2 amide bonds. The first-order chi connectivity index (χ1) is 15.6. The summed E-state index contributed by atoms with van der Waals surface area (Å²) in [7, 11) is 1.64. The van der Waals surface area contributed by atoms with Gasteiger partial charge in [-0.2, -0.15) is 5.26 Å². The van der Waals surface area contributed by atoms with Crippen molar-refractivity contribution in [3.05, 3.63) is 44.5 Å². The van der Waals surface area contributed by atoms with Crippen LogP contribution in [0.5, 0.6) is 0 Å². The van der Waals surface area contributed by atoms with Crippen molar-refractivity contribution in [2.75, 3.05) is 25.6 Å². The molecule has 0 bridgehead atoms. The second kappa shape index (κ2) is 10.3. The van der Waals surface area contributed by atoms with E-state index in [0.29, 0.717) is 43.0 Å². The zero-order valence-corrected chi connectivity index (χ0v) is 19.5. The minimum atomic E-state index is -0.290. The van der Waals surface area contributed by atoms with E-state index in [4.69, 9.17) is 9.47 Å². The van der Waals surface area contributed by atoms with Crippen LogP contribution in [0.1, 0.15) is 40.1 Å². The molecular weight excluding hydrogens is 446 g/mol. The summed E-state index contributed by atoms with van der Waals surface area (Å²) < 4.78 is 11.0. The van der Waals surface area contributed by atoms with E-state index >= 15 is 0 Å².